The molecule has 2 unspecified atom stereocenters. The van der Waals surface area contributed by atoms with Gasteiger partial charge in [-0.3, -0.25) is 9.59 Å². The maximum atomic E-state index is 12.4. The van der Waals surface area contributed by atoms with E-state index in [4.69, 9.17) is 14.2 Å². The number of thioether (sulfide) groups is 1. The maximum Gasteiger partial charge on any atom is 0.327 e. The summed E-state index contributed by atoms with van der Waals surface area (Å²) < 4.78 is 16.5. The lowest BCUT2D eigenvalue weighted by Crippen LogP contribution is -2.29. The zero-order valence-electron chi connectivity index (χ0n) is 16.3. The molecular weight excluding hydrogens is 364 g/mol. The van der Waals surface area contributed by atoms with E-state index in [-0.39, 0.29) is 18.7 Å². The minimum absolute atomic E-state index is 0.0809. The van der Waals surface area contributed by atoms with Crippen LogP contribution in [0.1, 0.15) is 51.5 Å². The van der Waals surface area contributed by atoms with E-state index in [2.05, 4.69) is 0 Å². The van der Waals surface area contributed by atoms with Gasteiger partial charge >= 0.3 is 5.97 Å². The Bertz CT molecular complexity index is 580. The van der Waals surface area contributed by atoms with Crippen LogP contribution in [-0.4, -0.2) is 43.1 Å². The molecule has 5 nitrogen and oxygen atoms in total. The van der Waals surface area contributed by atoms with Gasteiger partial charge in [-0.15, -0.1) is 11.8 Å². The largest absolute Gasteiger partial charge is 0.465 e. The monoisotopic (exact) mass is 394 g/mol. The van der Waals surface area contributed by atoms with E-state index in [1.54, 1.807) is 6.92 Å². The summed E-state index contributed by atoms with van der Waals surface area (Å²) in [6, 6.07) is 7.84. The Labute approximate surface area is 166 Å². The van der Waals surface area contributed by atoms with E-state index in [1.807, 2.05) is 31.2 Å². The molecule has 1 fully saturated rings. The van der Waals surface area contributed by atoms with Crippen molar-refractivity contribution in [1.29, 1.82) is 0 Å². The Kier molecular flexibility index (Phi) is 9.87. The second-order valence-electron chi connectivity index (χ2n) is 6.49. The number of ether oxygens (including phenoxy) is 3. The van der Waals surface area contributed by atoms with Crippen molar-refractivity contribution in [2.24, 2.45) is 0 Å². The Morgan fingerprint density at radius 1 is 1.26 bits per heavy atom. The topological polar surface area (TPSA) is 61.8 Å². The van der Waals surface area contributed by atoms with Crippen LogP contribution in [0, 0.1) is 0 Å². The van der Waals surface area contributed by atoms with Crippen molar-refractivity contribution in [3.63, 3.8) is 0 Å². The van der Waals surface area contributed by atoms with Gasteiger partial charge in [-0.2, -0.15) is 0 Å². The van der Waals surface area contributed by atoms with E-state index in [9.17, 15) is 9.59 Å². The molecule has 0 amide bonds. The summed E-state index contributed by atoms with van der Waals surface area (Å²) in [7, 11) is 0. The van der Waals surface area contributed by atoms with Gasteiger partial charge in [-0.05, 0) is 50.7 Å². The summed E-state index contributed by atoms with van der Waals surface area (Å²) in [5.41, 5.74) is 1.07. The minimum atomic E-state index is -0.811. The van der Waals surface area contributed by atoms with E-state index in [0.717, 1.165) is 36.3 Å². The average Bonchev–Trinajstić information content (AvgIpc) is 2.68. The fourth-order valence-electron chi connectivity index (χ4n) is 2.94. The van der Waals surface area contributed by atoms with Crippen molar-refractivity contribution in [2.45, 2.75) is 68.8 Å². The number of carbonyl (C=O) groups excluding carboxylic acids is 2. The number of ketones is 1. The van der Waals surface area contributed by atoms with Gasteiger partial charge in [0.25, 0.3) is 0 Å². The highest BCUT2D eigenvalue weighted by Gasteiger charge is 2.29. The Morgan fingerprint density at radius 2 is 2.07 bits per heavy atom. The number of carbonyl (C=O) groups is 2. The molecule has 0 aromatic heterocycles. The molecule has 1 heterocycles. The predicted octanol–water partition coefficient (Wildman–Crippen LogP) is 4.17. The molecule has 1 saturated heterocycles. The fraction of sp³-hybridized carbons (Fsp3) is 0.619. The maximum absolute atomic E-state index is 12.4. The fourth-order valence-corrected chi connectivity index (χ4v) is 4.08. The van der Waals surface area contributed by atoms with Crippen molar-refractivity contribution in [1.82, 2.24) is 0 Å². The number of Topliss-reactive ketones (excluding diaryl/α,β-unsaturated/α-hetero) is 1. The van der Waals surface area contributed by atoms with Crippen LogP contribution in [-0.2, 0) is 30.2 Å². The van der Waals surface area contributed by atoms with Gasteiger partial charge in [0.15, 0.2) is 17.3 Å². The van der Waals surface area contributed by atoms with Crippen molar-refractivity contribution < 1.29 is 23.8 Å². The number of hydrogen-bond donors (Lipinski definition) is 0. The third kappa shape index (κ3) is 7.28. The van der Waals surface area contributed by atoms with Gasteiger partial charge in [-0.1, -0.05) is 25.1 Å². The van der Waals surface area contributed by atoms with Crippen LogP contribution >= 0.6 is 11.8 Å². The quantitative estimate of drug-likeness (QED) is 0.319. The van der Waals surface area contributed by atoms with Crippen LogP contribution in [0.2, 0.25) is 0 Å². The third-order valence-corrected chi connectivity index (χ3v) is 5.66. The molecule has 1 aromatic carbocycles. The van der Waals surface area contributed by atoms with Crippen LogP contribution in [0.15, 0.2) is 29.2 Å². The molecule has 27 heavy (non-hydrogen) atoms. The smallest absolute Gasteiger partial charge is 0.327 e. The molecule has 6 heteroatoms. The van der Waals surface area contributed by atoms with Gasteiger partial charge in [-0.25, -0.2) is 0 Å². The minimum Gasteiger partial charge on any atom is -0.465 e. The summed E-state index contributed by atoms with van der Waals surface area (Å²) >= 11 is 1.29. The van der Waals surface area contributed by atoms with Gasteiger partial charge < -0.3 is 14.2 Å². The van der Waals surface area contributed by atoms with Crippen LogP contribution < -0.4 is 0 Å². The normalized spacial score (nSPS) is 18.1. The lowest BCUT2D eigenvalue weighted by molar-refractivity contribution is -0.161. The Balaban J connectivity index is 2.00. The van der Waals surface area contributed by atoms with E-state index in [1.165, 1.54) is 11.8 Å². The molecule has 0 bridgehead atoms. The lowest BCUT2D eigenvalue weighted by Gasteiger charge is -2.23. The highest BCUT2D eigenvalue weighted by Crippen LogP contribution is 2.30. The molecule has 0 N–H and O–H groups in total. The number of rotatable bonds is 11. The molecule has 1 aliphatic rings. The molecule has 0 radical (unpaired) electrons. The first-order valence-electron chi connectivity index (χ1n) is 9.82. The summed E-state index contributed by atoms with van der Waals surface area (Å²) in [5.74, 6) is -0.537. The van der Waals surface area contributed by atoms with Crippen molar-refractivity contribution in [2.75, 3.05) is 19.8 Å². The van der Waals surface area contributed by atoms with Crippen LogP contribution in [0.5, 0.6) is 0 Å². The molecular formula is C21H30O5S. The molecule has 0 saturated carbocycles. The molecule has 2 rings (SSSR count). The number of hydrogen-bond acceptors (Lipinski definition) is 6. The first-order valence-corrected chi connectivity index (χ1v) is 10.7. The van der Waals surface area contributed by atoms with Gasteiger partial charge in [0.1, 0.15) is 0 Å². The lowest BCUT2D eigenvalue weighted by atomic mass is 10.1. The van der Waals surface area contributed by atoms with Crippen molar-refractivity contribution in [3.8, 4) is 0 Å². The van der Waals surface area contributed by atoms with Crippen LogP contribution in [0.4, 0.5) is 0 Å². The summed E-state index contributed by atoms with van der Waals surface area (Å²) in [6.07, 6.45) is 4.86. The molecule has 0 aliphatic carbocycles. The molecule has 1 aliphatic heterocycles. The van der Waals surface area contributed by atoms with Crippen LogP contribution in [0.3, 0.4) is 0 Å². The highest BCUT2D eigenvalue weighted by molar-refractivity contribution is 8.01. The van der Waals surface area contributed by atoms with E-state index in [0.29, 0.717) is 25.9 Å². The molecule has 1 aromatic rings. The Hall–Kier alpha value is -1.37. The Morgan fingerprint density at radius 3 is 2.78 bits per heavy atom. The standard InChI is InChI=1S/C21H30O5S/c1-3-9-17(22)20(21(23)24-4-2)27-18-11-6-5-10-16(18)13-15-26-19-12-7-8-14-25-19/h5-6,10-11,19-20H,3-4,7-9,12-15H2,1-2H3. The number of esters is 1. The average molecular weight is 395 g/mol. The van der Waals surface area contributed by atoms with Crippen LogP contribution in [0.25, 0.3) is 0 Å². The van der Waals surface area contributed by atoms with Gasteiger partial charge in [0, 0.05) is 17.9 Å². The van der Waals surface area contributed by atoms with E-state index < -0.39 is 11.2 Å². The highest BCUT2D eigenvalue weighted by atomic mass is 32.2. The van der Waals surface area contributed by atoms with E-state index >= 15 is 0 Å². The summed E-state index contributed by atoms with van der Waals surface area (Å²) in [4.78, 5) is 25.6. The van der Waals surface area contributed by atoms with Gasteiger partial charge in [0.05, 0.1) is 13.2 Å². The SMILES string of the molecule is CCCC(=O)C(Sc1ccccc1CCOC1CCCCO1)C(=O)OCC. The summed E-state index contributed by atoms with van der Waals surface area (Å²) in [5, 5.41) is -0.811. The number of benzene rings is 1. The molecule has 150 valence electrons. The second-order valence-corrected chi connectivity index (χ2v) is 7.64. The predicted molar refractivity (Wildman–Crippen MR) is 106 cm³/mol. The first-order chi connectivity index (χ1) is 13.2. The van der Waals surface area contributed by atoms with Gasteiger partial charge in [0.2, 0.25) is 0 Å². The van der Waals surface area contributed by atoms with Crippen molar-refractivity contribution >= 4 is 23.5 Å². The zero-order chi connectivity index (χ0) is 19.5. The second kappa shape index (κ2) is 12.2. The third-order valence-electron chi connectivity index (χ3n) is 4.32. The zero-order valence-corrected chi connectivity index (χ0v) is 17.1. The molecule has 0 spiro atoms. The van der Waals surface area contributed by atoms with Crippen molar-refractivity contribution in [3.05, 3.63) is 29.8 Å². The summed E-state index contributed by atoms with van der Waals surface area (Å²) in [6.45, 7) is 5.27. The first kappa shape index (κ1) is 21.9. The molecule has 2 atom stereocenters.